The van der Waals surface area contributed by atoms with Crippen molar-refractivity contribution in [3.8, 4) is 5.75 Å². The fraction of sp³-hybridized carbons (Fsp3) is 0.467. The van der Waals surface area contributed by atoms with Crippen molar-refractivity contribution >= 4 is 27.8 Å². The number of nitrogens with zero attached hydrogens (tertiary/aromatic N) is 1. The van der Waals surface area contributed by atoms with E-state index in [1.54, 1.807) is 6.92 Å². The van der Waals surface area contributed by atoms with Crippen LogP contribution in [0.1, 0.15) is 13.3 Å². The van der Waals surface area contributed by atoms with Gasteiger partial charge in [-0.3, -0.25) is 9.59 Å². The summed E-state index contributed by atoms with van der Waals surface area (Å²) < 4.78 is 24.4. The Hall–Kier alpha value is -1.67. The lowest BCUT2D eigenvalue weighted by atomic mass is 10.2. The van der Waals surface area contributed by atoms with E-state index in [-0.39, 0.29) is 25.5 Å². The van der Waals surface area contributed by atoms with Crippen molar-refractivity contribution in [2.45, 2.75) is 25.6 Å². The van der Waals surface area contributed by atoms with Crippen molar-refractivity contribution in [2.75, 3.05) is 19.7 Å². The van der Waals surface area contributed by atoms with Crippen LogP contribution in [0.2, 0.25) is 0 Å². The lowest BCUT2D eigenvalue weighted by Gasteiger charge is -2.33. The summed E-state index contributed by atoms with van der Waals surface area (Å²) >= 11 is 3.18. The van der Waals surface area contributed by atoms with Gasteiger partial charge >= 0.3 is 5.97 Å². The SMILES string of the molecule is C[C@H](Oc1ccc(F)cc1Br)C(=O)N1CCO[C@@H](CC(=O)O)C1. The predicted octanol–water partition coefficient (Wildman–Crippen LogP) is 2.06. The maximum atomic E-state index is 13.1. The Morgan fingerprint density at radius 3 is 2.96 bits per heavy atom. The lowest BCUT2D eigenvalue weighted by molar-refractivity contribution is -0.151. The second kappa shape index (κ2) is 7.74. The molecule has 1 aliphatic heterocycles. The van der Waals surface area contributed by atoms with E-state index in [0.717, 1.165) is 0 Å². The molecule has 1 amide bonds. The third-order valence-electron chi connectivity index (χ3n) is 3.40. The first-order valence-electron chi connectivity index (χ1n) is 7.10. The molecule has 8 heteroatoms. The van der Waals surface area contributed by atoms with Gasteiger partial charge < -0.3 is 19.5 Å². The van der Waals surface area contributed by atoms with Gasteiger partial charge in [0.2, 0.25) is 0 Å². The number of amides is 1. The summed E-state index contributed by atoms with van der Waals surface area (Å²) in [4.78, 5) is 24.7. The number of halogens is 2. The molecule has 126 valence electrons. The summed E-state index contributed by atoms with van der Waals surface area (Å²) in [6, 6.07) is 3.94. The first kappa shape index (κ1) is 17.7. The molecule has 1 aromatic carbocycles. The minimum absolute atomic E-state index is 0.150. The number of hydrogen-bond acceptors (Lipinski definition) is 4. The van der Waals surface area contributed by atoms with Gasteiger partial charge in [-0.05, 0) is 41.1 Å². The number of carbonyl (C=O) groups is 2. The van der Waals surface area contributed by atoms with Gasteiger partial charge in [-0.1, -0.05) is 0 Å². The van der Waals surface area contributed by atoms with Crippen molar-refractivity contribution in [1.82, 2.24) is 4.90 Å². The highest BCUT2D eigenvalue weighted by molar-refractivity contribution is 9.10. The molecule has 1 heterocycles. The molecule has 0 bridgehead atoms. The van der Waals surface area contributed by atoms with E-state index in [4.69, 9.17) is 14.6 Å². The van der Waals surface area contributed by atoms with Crippen molar-refractivity contribution in [1.29, 1.82) is 0 Å². The molecule has 2 rings (SSSR count). The van der Waals surface area contributed by atoms with E-state index >= 15 is 0 Å². The van der Waals surface area contributed by atoms with E-state index in [1.165, 1.54) is 23.1 Å². The van der Waals surface area contributed by atoms with Crippen molar-refractivity contribution < 1.29 is 28.6 Å². The number of aliphatic carboxylic acids is 1. The molecule has 0 unspecified atom stereocenters. The van der Waals surface area contributed by atoms with Crippen molar-refractivity contribution in [2.24, 2.45) is 0 Å². The van der Waals surface area contributed by atoms with Gasteiger partial charge in [0.05, 0.1) is 23.6 Å². The van der Waals surface area contributed by atoms with Gasteiger partial charge in [0.1, 0.15) is 11.6 Å². The quantitative estimate of drug-likeness (QED) is 0.833. The average Bonchev–Trinajstić information content (AvgIpc) is 2.49. The van der Waals surface area contributed by atoms with Crippen LogP contribution in [0.15, 0.2) is 22.7 Å². The topological polar surface area (TPSA) is 76.1 Å². The molecule has 0 aliphatic carbocycles. The predicted molar refractivity (Wildman–Crippen MR) is 82.8 cm³/mol. The minimum Gasteiger partial charge on any atom is -0.481 e. The zero-order chi connectivity index (χ0) is 17.0. The number of hydrogen-bond donors (Lipinski definition) is 1. The molecule has 23 heavy (non-hydrogen) atoms. The van der Waals surface area contributed by atoms with Crippen LogP contribution in [0.5, 0.6) is 5.75 Å². The van der Waals surface area contributed by atoms with E-state index in [1.807, 2.05) is 0 Å². The molecular weight excluding hydrogens is 373 g/mol. The third kappa shape index (κ3) is 4.90. The molecule has 6 nitrogen and oxygen atoms in total. The normalized spacial score (nSPS) is 19.3. The molecular formula is C15H17BrFNO5. The Morgan fingerprint density at radius 2 is 2.30 bits per heavy atom. The Morgan fingerprint density at radius 1 is 1.57 bits per heavy atom. The van der Waals surface area contributed by atoms with Crippen LogP contribution >= 0.6 is 15.9 Å². The maximum Gasteiger partial charge on any atom is 0.306 e. The highest BCUT2D eigenvalue weighted by Crippen LogP contribution is 2.26. The van der Waals surface area contributed by atoms with Gasteiger partial charge in [-0.2, -0.15) is 0 Å². The number of ether oxygens (including phenoxy) is 2. The van der Waals surface area contributed by atoms with Crippen molar-refractivity contribution in [3.63, 3.8) is 0 Å². The second-order valence-corrected chi connectivity index (χ2v) is 6.06. The number of carboxylic acid groups (broad SMARTS) is 1. The summed E-state index contributed by atoms with van der Waals surface area (Å²) in [5.74, 6) is -1.28. The van der Waals surface area contributed by atoms with Gasteiger partial charge in [0, 0.05) is 13.1 Å². The molecule has 1 N–H and O–H groups in total. The molecule has 1 fully saturated rings. The maximum absolute atomic E-state index is 13.1. The zero-order valence-corrected chi connectivity index (χ0v) is 14.1. The fourth-order valence-electron chi connectivity index (χ4n) is 2.31. The first-order valence-corrected chi connectivity index (χ1v) is 7.90. The van der Waals surface area contributed by atoms with Crippen molar-refractivity contribution in [3.05, 3.63) is 28.5 Å². The number of morpholine rings is 1. The molecule has 0 spiro atoms. The summed E-state index contributed by atoms with van der Waals surface area (Å²) in [7, 11) is 0. The Bertz CT molecular complexity index is 597. The van der Waals surface area contributed by atoms with E-state index < -0.39 is 24.0 Å². The lowest BCUT2D eigenvalue weighted by Crippen LogP contribution is -2.50. The molecule has 0 saturated carbocycles. The van der Waals surface area contributed by atoms with Crippen LogP contribution in [-0.4, -0.2) is 53.8 Å². The number of benzene rings is 1. The van der Waals surface area contributed by atoms with Crippen LogP contribution in [-0.2, 0) is 14.3 Å². The van der Waals surface area contributed by atoms with Crippen LogP contribution in [0.25, 0.3) is 0 Å². The molecule has 0 radical (unpaired) electrons. The van der Waals surface area contributed by atoms with Gasteiger partial charge in [0.15, 0.2) is 6.10 Å². The highest BCUT2D eigenvalue weighted by Gasteiger charge is 2.29. The summed E-state index contributed by atoms with van der Waals surface area (Å²) in [5.41, 5.74) is 0. The van der Waals surface area contributed by atoms with Gasteiger partial charge in [-0.25, -0.2) is 4.39 Å². The minimum atomic E-state index is -0.969. The largest absolute Gasteiger partial charge is 0.481 e. The van der Waals surface area contributed by atoms with Crippen LogP contribution < -0.4 is 4.74 Å². The summed E-state index contributed by atoms with van der Waals surface area (Å²) in [6.45, 7) is 2.48. The van der Waals surface area contributed by atoms with E-state index in [2.05, 4.69) is 15.9 Å². The number of carboxylic acids is 1. The van der Waals surface area contributed by atoms with E-state index in [0.29, 0.717) is 16.8 Å². The Labute approximate surface area is 141 Å². The highest BCUT2D eigenvalue weighted by atomic mass is 79.9. The second-order valence-electron chi connectivity index (χ2n) is 5.21. The third-order valence-corrected chi connectivity index (χ3v) is 4.02. The first-order chi connectivity index (χ1) is 10.9. The number of rotatable bonds is 5. The van der Waals surface area contributed by atoms with E-state index in [9.17, 15) is 14.0 Å². The monoisotopic (exact) mass is 389 g/mol. The molecule has 0 aromatic heterocycles. The Kier molecular flexibility index (Phi) is 5.95. The van der Waals surface area contributed by atoms with Crippen LogP contribution in [0.3, 0.4) is 0 Å². The van der Waals surface area contributed by atoms with Crippen LogP contribution in [0.4, 0.5) is 4.39 Å². The van der Waals surface area contributed by atoms with Crippen LogP contribution in [0, 0.1) is 5.82 Å². The molecule has 1 aliphatic rings. The summed E-state index contributed by atoms with van der Waals surface area (Å²) in [6.07, 6.45) is -1.45. The fourth-order valence-corrected chi connectivity index (χ4v) is 2.75. The zero-order valence-electron chi connectivity index (χ0n) is 12.5. The smallest absolute Gasteiger partial charge is 0.306 e. The standard InChI is InChI=1S/C15H17BrFNO5/c1-9(23-13-3-2-10(17)6-12(13)16)15(21)18-4-5-22-11(8-18)7-14(19)20/h2-3,6,9,11H,4-5,7-8H2,1H3,(H,19,20)/t9-,11-/m0/s1. The Balaban J connectivity index is 1.97. The average molecular weight is 390 g/mol. The van der Waals surface area contributed by atoms with Gasteiger partial charge in [-0.15, -0.1) is 0 Å². The number of carbonyl (C=O) groups excluding carboxylic acids is 1. The van der Waals surface area contributed by atoms with Gasteiger partial charge in [0.25, 0.3) is 5.91 Å². The summed E-state index contributed by atoms with van der Waals surface area (Å²) in [5, 5.41) is 8.80. The molecule has 1 saturated heterocycles. The molecule has 2 atom stereocenters. The molecule has 1 aromatic rings.